The highest BCUT2D eigenvalue weighted by Gasteiger charge is 2.21. The van der Waals surface area contributed by atoms with E-state index in [0.29, 0.717) is 0 Å². The molecule has 9 rings (SSSR count). The number of hydrogen-bond acceptors (Lipinski definition) is 4. The number of benzene rings is 4. The van der Waals surface area contributed by atoms with E-state index in [1.807, 2.05) is 24.3 Å². The van der Waals surface area contributed by atoms with Gasteiger partial charge in [-0.05, 0) is 159 Å². The van der Waals surface area contributed by atoms with Crippen LogP contribution >= 0.6 is 25.3 Å². The minimum Gasteiger partial charge on any atom is -0.354 e. The van der Waals surface area contributed by atoms with Gasteiger partial charge in [-0.3, -0.25) is 0 Å². The normalized spacial score (nSPS) is 12.1. The third-order valence-electron chi connectivity index (χ3n) is 10.9. The summed E-state index contributed by atoms with van der Waals surface area (Å²) in [7, 11) is 0. The Morgan fingerprint density at radius 3 is 0.964 bits per heavy atom. The number of aryl methyl sites for hydroxylation is 6. The van der Waals surface area contributed by atoms with Gasteiger partial charge in [-0.15, -0.1) is 25.3 Å². The van der Waals surface area contributed by atoms with Crippen LogP contribution in [0.25, 0.3) is 90.9 Å². The number of nitrogens with one attached hydrogen (secondary N) is 2. The lowest BCUT2D eigenvalue weighted by molar-refractivity contribution is 1.28. The van der Waals surface area contributed by atoms with E-state index in [9.17, 15) is 0 Å². The molecule has 3 aromatic heterocycles. The monoisotopic (exact) mass is 762 g/mol. The Kier molecular flexibility index (Phi) is 8.99. The predicted molar refractivity (Wildman–Crippen MR) is 244 cm³/mol. The van der Waals surface area contributed by atoms with Gasteiger partial charge in [-0.1, -0.05) is 59.7 Å². The van der Waals surface area contributed by atoms with Crippen molar-refractivity contribution < 1.29 is 0 Å². The maximum Gasteiger partial charge on any atom is 0.0737 e. The first-order valence-corrected chi connectivity index (χ1v) is 19.8. The Morgan fingerprint density at radius 2 is 0.643 bits per heavy atom. The summed E-state index contributed by atoms with van der Waals surface area (Å²) in [5.41, 5.74) is 23.4. The Bertz CT molecular complexity index is 2730. The van der Waals surface area contributed by atoms with E-state index in [1.165, 1.54) is 44.5 Å². The lowest BCUT2D eigenvalue weighted by Crippen LogP contribution is -1.94. The average Bonchev–Trinajstić information content (AvgIpc) is 3.99. The molecular weight excluding hydrogens is 721 g/mol. The fraction of sp³-hybridized carbons (Fsp3) is 0.120. The third kappa shape index (κ3) is 6.33. The van der Waals surface area contributed by atoms with Crippen molar-refractivity contribution >= 4 is 71.6 Å². The van der Waals surface area contributed by atoms with Crippen molar-refractivity contribution in [1.82, 2.24) is 19.9 Å². The first-order chi connectivity index (χ1) is 27.0. The van der Waals surface area contributed by atoms with Crippen LogP contribution in [0.15, 0.2) is 107 Å². The molecule has 0 aliphatic carbocycles. The summed E-state index contributed by atoms with van der Waals surface area (Å²) in [6.07, 6.45) is 8.63. The third-order valence-corrected chi connectivity index (χ3v) is 11.5. The zero-order chi connectivity index (χ0) is 38.8. The molecule has 0 unspecified atom stereocenters. The quantitative estimate of drug-likeness (QED) is 0.135. The molecule has 56 heavy (non-hydrogen) atoms. The van der Waals surface area contributed by atoms with Gasteiger partial charge >= 0.3 is 0 Å². The van der Waals surface area contributed by atoms with Gasteiger partial charge in [0.05, 0.1) is 22.8 Å². The van der Waals surface area contributed by atoms with Gasteiger partial charge < -0.3 is 9.97 Å². The molecule has 2 aliphatic rings. The van der Waals surface area contributed by atoms with Gasteiger partial charge in [-0.2, -0.15) is 0 Å². The predicted octanol–water partition coefficient (Wildman–Crippen LogP) is 13.8. The van der Waals surface area contributed by atoms with Crippen molar-refractivity contribution in [3.63, 3.8) is 0 Å². The maximum absolute atomic E-state index is 5.50. The Hall–Kier alpha value is -5.82. The Labute approximate surface area is 339 Å². The number of H-pyrrole nitrogens is 2. The zero-order valence-electron chi connectivity index (χ0n) is 32.3. The molecule has 4 aromatic carbocycles. The summed E-state index contributed by atoms with van der Waals surface area (Å²) < 4.78 is 0. The highest BCUT2D eigenvalue weighted by molar-refractivity contribution is 7.80. The first-order valence-electron chi connectivity index (χ1n) is 18.9. The van der Waals surface area contributed by atoms with Crippen LogP contribution in [0, 0.1) is 41.5 Å². The second-order valence-corrected chi connectivity index (χ2v) is 16.2. The molecule has 0 spiro atoms. The summed E-state index contributed by atoms with van der Waals surface area (Å²) in [4.78, 5) is 20.6. The fourth-order valence-electron chi connectivity index (χ4n) is 8.74. The van der Waals surface area contributed by atoms with Crippen LogP contribution < -0.4 is 0 Å². The highest BCUT2D eigenvalue weighted by Crippen LogP contribution is 2.41. The second kappa shape index (κ2) is 14.0. The second-order valence-electron chi connectivity index (χ2n) is 15.1. The standard InChI is InChI=1S/C50H42N4S2/c1-27-23-29(3)45(30(4)24-27)49-41-19-15-37(51-41)47(33-7-11-35(55)12-8-33)39-17-21-43(53-39)50(46-31(5)25-28(2)26-32(46)6)44-22-18-40(54-44)48(38-16-20-42(49)52-38)34-9-13-36(56)14-10-34/h7-26,51,54-56H,1-6H3. The summed E-state index contributed by atoms with van der Waals surface area (Å²) in [6.45, 7) is 13.1. The van der Waals surface area contributed by atoms with Crippen molar-refractivity contribution in [3.8, 4) is 44.5 Å². The zero-order valence-corrected chi connectivity index (χ0v) is 34.1. The number of rotatable bonds is 4. The average molecular weight is 763 g/mol. The molecular formula is C50H42N4S2. The van der Waals surface area contributed by atoms with Crippen molar-refractivity contribution in [3.05, 3.63) is 153 Å². The molecule has 6 heteroatoms. The summed E-state index contributed by atoms with van der Waals surface area (Å²) in [5.74, 6) is 0. The van der Waals surface area contributed by atoms with Crippen LogP contribution in [-0.4, -0.2) is 19.9 Å². The molecule has 8 bridgehead atoms. The van der Waals surface area contributed by atoms with E-state index in [4.69, 9.17) is 9.97 Å². The lowest BCUT2D eigenvalue weighted by Gasteiger charge is -2.13. The fourth-order valence-corrected chi connectivity index (χ4v) is 9.04. The number of aromatic amines is 2. The highest BCUT2D eigenvalue weighted by atomic mass is 32.1. The molecule has 0 radical (unpaired) electrons. The van der Waals surface area contributed by atoms with E-state index in [2.05, 4.69) is 174 Å². The van der Waals surface area contributed by atoms with Crippen molar-refractivity contribution in [2.24, 2.45) is 0 Å². The number of thiol groups is 2. The lowest BCUT2D eigenvalue weighted by atomic mass is 9.92. The number of aromatic nitrogens is 4. The number of hydrogen-bond donors (Lipinski definition) is 4. The first kappa shape index (κ1) is 35.9. The minimum atomic E-state index is 0.885. The molecule has 0 saturated heterocycles. The van der Waals surface area contributed by atoms with Gasteiger partial charge in [0.2, 0.25) is 0 Å². The van der Waals surface area contributed by atoms with E-state index < -0.39 is 0 Å². The minimum absolute atomic E-state index is 0.885. The number of nitrogens with zero attached hydrogens (tertiary/aromatic N) is 2. The van der Waals surface area contributed by atoms with Crippen LogP contribution in [0.4, 0.5) is 0 Å². The van der Waals surface area contributed by atoms with Crippen LogP contribution in [-0.2, 0) is 0 Å². The van der Waals surface area contributed by atoms with E-state index in [0.717, 1.165) is 88.0 Å². The van der Waals surface area contributed by atoms with Gasteiger partial charge in [0, 0.05) is 54.1 Å². The Morgan fingerprint density at radius 1 is 0.357 bits per heavy atom. The van der Waals surface area contributed by atoms with Gasteiger partial charge in [0.25, 0.3) is 0 Å². The summed E-state index contributed by atoms with van der Waals surface area (Å²) in [6, 6.07) is 34.5. The molecule has 2 aliphatic heterocycles. The van der Waals surface area contributed by atoms with Gasteiger partial charge in [-0.25, -0.2) is 9.97 Å². The molecule has 0 amide bonds. The maximum atomic E-state index is 5.50. The molecule has 4 nitrogen and oxygen atoms in total. The van der Waals surface area contributed by atoms with Crippen LogP contribution in [0.2, 0.25) is 0 Å². The van der Waals surface area contributed by atoms with Crippen LogP contribution in [0.1, 0.15) is 56.2 Å². The van der Waals surface area contributed by atoms with Crippen LogP contribution in [0.5, 0.6) is 0 Å². The SMILES string of the molecule is Cc1cc(C)c(-c2c3nc(c(-c4ccc(S)cc4)c4ccc([nH]4)c(-c4c(C)cc(C)cc4C)c4nc(c(-c5ccc(S)cc5)c5ccc2[nH]5)C=C4)C=C3)c(C)c1. The van der Waals surface area contributed by atoms with Gasteiger partial charge in [0.15, 0.2) is 0 Å². The molecule has 0 fully saturated rings. The summed E-state index contributed by atoms with van der Waals surface area (Å²) >= 11 is 9.26. The van der Waals surface area contributed by atoms with E-state index in [1.54, 1.807) is 0 Å². The largest absolute Gasteiger partial charge is 0.354 e. The van der Waals surface area contributed by atoms with Crippen molar-refractivity contribution in [1.29, 1.82) is 0 Å². The molecule has 2 N–H and O–H groups in total. The van der Waals surface area contributed by atoms with Crippen molar-refractivity contribution in [2.45, 2.75) is 51.3 Å². The smallest absolute Gasteiger partial charge is 0.0737 e. The van der Waals surface area contributed by atoms with E-state index in [-0.39, 0.29) is 0 Å². The molecule has 0 atom stereocenters. The molecule has 5 heterocycles. The Balaban J connectivity index is 1.50. The molecule has 7 aromatic rings. The molecule has 274 valence electrons. The molecule has 0 saturated carbocycles. The van der Waals surface area contributed by atoms with Gasteiger partial charge in [0.1, 0.15) is 0 Å². The summed E-state index contributed by atoms with van der Waals surface area (Å²) in [5, 5.41) is 0. The number of fused-ring (bicyclic) bond motifs is 8. The van der Waals surface area contributed by atoms with E-state index >= 15 is 0 Å². The van der Waals surface area contributed by atoms with Crippen LogP contribution in [0.3, 0.4) is 0 Å². The topological polar surface area (TPSA) is 57.4 Å². The van der Waals surface area contributed by atoms with Crippen molar-refractivity contribution in [2.75, 3.05) is 0 Å².